The lowest BCUT2D eigenvalue weighted by Crippen LogP contribution is -2.27. The van der Waals surface area contributed by atoms with Crippen molar-refractivity contribution in [2.75, 3.05) is 5.75 Å². The summed E-state index contributed by atoms with van der Waals surface area (Å²) in [4.78, 5) is 9.90. The van der Waals surface area contributed by atoms with Gasteiger partial charge in [-0.05, 0) is 18.8 Å². The molecule has 70 valence electrons. The molecule has 4 nitrogen and oxygen atoms in total. The SMILES string of the molecule is O=CNS(=O)(=O)CC1CCCC1. The van der Waals surface area contributed by atoms with Crippen molar-refractivity contribution >= 4 is 16.4 Å². The van der Waals surface area contributed by atoms with Crippen LogP contribution in [0.15, 0.2) is 0 Å². The zero-order valence-corrected chi connectivity index (χ0v) is 7.64. The first kappa shape index (κ1) is 9.51. The molecule has 1 rings (SSSR count). The zero-order chi connectivity index (χ0) is 9.03. The lowest BCUT2D eigenvalue weighted by Gasteiger charge is -2.07. The molecule has 1 amide bonds. The lowest BCUT2D eigenvalue weighted by atomic mass is 10.1. The van der Waals surface area contributed by atoms with Crippen molar-refractivity contribution in [3.8, 4) is 0 Å². The van der Waals surface area contributed by atoms with Crippen molar-refractivity contribution in [3.63, 3.8) is 0 Å². The molecule has 0 aromatic heterocycles. The van der Waals surface area contributed by atoms with Gasteiger partial charge in [-0.3, -0.25) is 9.52 Å². The fourth-order valence-electron chi connectivity index (χ4n) is 1.61. The fourth-order valence-corrected chi connectivity index (χ4v) is 2.81. The summed E-state index contributed by atoms with van der Waals surface area (Å²) in [6.07, 6.45) is 4.40. The minimum atomic E-state index is -3.33. The molecule has 1 aliphatic rings. The van der Waals surface area contributed by atoms with Crippen LogP contribution in [0.25, 0.3) is 0 Å². The van der Waals surface area contributed by atoms with E-state index in [-0.39, 0.29) is 18.1 Å². The van der Waals surface area contributed by atoms with Gasteiger partial charge in [0, 0.05) is 0 Å². The van der Waals surface area contributed by atoms with E-state index >= 15 is 0 Å². The number of hydrogen-bond donors (Lipinski definition) is 1. The summed E-state index contributed by atoms with van der Waals surface area (Å²) < 4.78 is 23.9. The molecule has 1 saturated carbocycles. The van der Waals surface area contributed by atoms with Gasteiger partial charge in [0.1, 0.15) is 0 Å². The Kier molecular flexibility index (Phi) is 3.08. The van der Waals surface area contributed by atoms with Crippen molar-refractivity contribution in [1.29, 1.82) is 0 Å². The molecule has 1 N–H and O–H groups in total. The van der Waals surface area contributed by atoms with Gasteiger partial charge in [0.15, 0.2) is 0 Å². The summed E-state index contributed by atoms with van der Waals surface area (Å²) >= 11 is 0. The second-order valence-corrected chi connectivity index (χ2v) is 4.97. The highest BCUT2D eigenvalue weighted by Crippen LogP contribution is 2.25. The largest absolute Gasteiger partial charge is 0.278 e. The smallest absolute Gasteiger partial charge is 0.234 e. The van der Waals surface area contributed by atoms with Crippen LogP contribution in [-0.2, 0) is 14.8 Å². The Morgan fingerprint density at radius 1 is 1.33 bits per heavy atom. The van der Waals surface area contributed by atoms with Gasteiger partial charge in [-0.15, -0.1) is 0 Å². The van der Waals surface area contributed by atoms with E-state index in [0.29, 0.717) is 0 Å². The normalized spacial score (nSPS) is 19.3. The maximum absolute atomic E-state index is 11.0. The van der Waals surface area contributed by atoms with Crippen LogP contribution in [0, 0.1) is 5.92 Å². The van der Waals surface area contributed by atoms with Crippen molar-refractivity contribution in [3.05, 3.63) is 0 Å². The van der Waals surface area contributed by atoms with Crippen molar-refractivity contribution in [1.82, 2.24) is 4.72 Å². The number of hydrogen-bond acceptors (Lipinski definition) is 3. The minimum absolute atomic E-state index is 0.103. The topological polar surface area (TPSA) is 63.2 Å². The summed E-state index contributed by atoms with van der Waals surface area (Å²) in [6, 6.07) is 0. The second-order valence-electron chi connectivity index (χ2n) is 3.17. The van der Waals surface area contributed by atoms with Gasteiger partial charge in [-0.2, -0.15) is 0 Å². The standard InChI is InChI=1S/C7H13NO3S/c9-6-8-12(10,11)5-7-3-1-2-4-7/h6-7H,1-5H2,(H,8,9). The molecule has 1 aliphatic carbocycles. The fraction of sp³-hybridized carbons (Fsp3) is 0.857. The van der Waals surface area contributed by atoms with Gasteiger partial charge in [0.25, 0.3) is 0 Å². The van der Waals surface area contributed by atoms with Crippen LogP contribution in [0.5, 0.6) is 0 Å². The highest BCUT2D eigenvalue weighted by Gasteiger charge is 2.21. The van der Waals surface area contributed by atoms with E-state index in [4.69, 9.17) is 0 Å². The Morgan fingerprint density at radius 2 is 1.92 bits per heavy atom. The molecule has 0 atom stereocenters. The Hall–Kier alpha value is -0.580. The Labute approximate surface area is 72.4 Å². The molecule has 0 saturated heterocycles. The summed E-state index contributed by atoms with van der Waals surface area (Å²) in [5.74, 6) is 0.355. The van der Waals surface area contributed by atoms with Crippen LogP contribution in [-0.4, -0.2) is 20.6 Å². The predicted octanol–water partition coefficient (Wildman–Crippen LogP) is 0.252. The Bertz CT molecular complexity index is 241. The molecule has 5 heteroatoms. The summed E-state index contributed by atoms with van der Waals surface area (Å²) in [6.45, 7) is 0. The molecular weight excluding hydrogens is 178 g/mol. The quantitative estimate of drug-likeness (QED) is 0.648. The summed E-state index contributed by atoms with van der Waals surface area (Å²) in [7, 11) is -3.33. The second kappa shape index (κ2) is 3.89. The van der Waals surface area contributed by atoms with Gasteiger partial charge in [-0.1, -0.05) is 12.8 Å². The molecule has 0 heterocycles. The van der Waals surface area contributed by atoms with Gasteiger partial charge >= 0.3 is 0 Å². The zero-order valence-electron chi connectivity index (χ0n) is 6.82. The van der Waals surface area contributed by atoms with E-state index in [1.165, 1.54) is 0 Å². The van der Waals surface area contributed by atoms with E-state index in [1.54, 1.807) is 0 Å². The van der Waals surface area contributed by atoms with E-state index in [2.05, 4.69) is 0 Å². The number of sulfonamides is 1. The third-order valence-electron chi connectivity index (χ3n) is 2.16. The number of carbonyl (C=O) groups excluding carboxylic acids is 1. The maximum atomic E-state index is 11.0. The molecule has 0 aromatic carbocycles. The number of amides is 1. The average Bonchev–Trinajstić information content (AvgIpc) is 2.38. The van der Waals surface area contributed by atoms with E-state index in [0.717, 1.165) is 25.7 Å². The molecule has 0 aromatic rings. The number of rotatable bonds is 4. The van der Waals surface area contributed by atoms with Gasteiger partial charge in [-0.25, -0.2) is 8.42 Å². The van der Waals surface area contributed by atoms with Crippen LogP contribution in [0.3, 0.4) is 0 Å². The summed E-state index contributed by atoms with van der Waals surface area (Å²) in [5, 5.41) is 0. The monoisotopic (exact) mass is 191 g/mol. The molecule has 0 spiro atoms. The van der Waals surface area contributed by atoms with Crippen LogP contribution >= 0.6 is 0 Å². The number of carbonyl (C=O) groups is 1. The van der Waals surface area contributed by atoms with E-state index in [9.17, 15) is 13.2 Å². The van der Waals surface area contributed by atoms with Gasteiger partial charge < -0.3 is 0 Å². The van der Waals surface area contributed by atoms with Crippen LogP contribution in [0.2, 0.25) is 0 Å². The first-order valence-electron chi connectivity index (χ1n) is 4.08. The lowest BCUT2D eigenvalue weighted by molar-refractivity contribution is -0.108. The molecular formula is C7H13NO3S. The first-order chi connectivity index (χ1) is 5.64. The van der Waals surface area contributed by atoms with Crippen LogP contribution in [0.4, 0.5) is 0 Å². The first-order valence-corrected chi connectivity index (χ1v) is 5.73. The third-order valence-corrected chi connectivity index (χ3v) is 3.52. The van der Waals surface area contributed by atoms with Crippen molar-refractivity contribution < 1.29 is 13.2 Å². The van der Waals surface area contributed by atoms with Gasteiger partial charge in [0.05, 0.1) is 5.75 Å². The number of nitrogens with one attached hydrogen (secondary N) is 1. The molecule has 1 fully saturated rings. The summed E-state index contributed by atoms with van der Waals surface area (Å²) in [5.41, 5.74) is 0. The average molecular weight is 191 g/mol. The van der Waals surface area contributed by atoms with Gasteiger partial charge in [0.2, 0.25) is 16.4 Å². The highest BCUT2D eigenvalue weighted by atomic mass is 32.2. The Balaban J connectivity index is 2.43. The maximum Gasteiger partial charge on any atom is 0.234 e. The molecule has 0 radical (unpaired) electrons. The van der Waals surface area contributed by atoms with Crippen LogP contribution in [0.1, 0.15) is 25.7 Å². The van der Waals surface area contributed by atoms with Crippen LogP contribution < -0.4 is 4.72 Å². The Morgan fingerprint density at radius 3 is 2.42 bits per heavy atom. The molecule has 0 unspecified atom stereocenters. The van der Waals surface area contributed by atoms with E-state index < -0.39 is 10.0 Å². The minimum Gasteiger partial charge on any atom is -0.278 e. The molecule has 12 heavy (non-hydrogen) atoms. The predicted molar refractivity (Wildman–Crippen MR) is 44.9 cm³/mol. The molecule has 0 aliphatic heterocycles. The molecule has 0 bridgehead atoms. The van der Waals surface area contributed by atoms with Crippen molar-refractivity contribution in [2.24, 2.45) is 5.92 Å². The highest BCUT2D eigenvalue weighted by molar-refractivity contribution is 7.89. The third kappa shape index (κ3) is 2.81. The van der Waals surface area contributed by atoms with Crippen molar-refractivity contribution in [2.45, 2.75) is 25.7 Å². The van der Waals surface area contributed by atoms with E-state index in [1.807, 2.05) is 4.72 Å².